The number of nitrogens with two attached hydrogens (primary N) is 1. The zero-order valence-corrected chi connectivity index (χ0v) is 11.6. The Morgan fingerprint density at radius 1 is 1.29 bits per heavy atom. The van der Waals surface area contributed by atoms with Crippen LogP contribution in [0.2, 0.25) is 0 Å². The van der Waals surface area contributed by atoms with E-state index in [1.165, 1.54) is 25.7 Å². The second-order valence-electron chi connectivity index (χ2n) is 4.38. The fourth-order valence-electron chi connectivity index (χ4n) is 1.83. The van der Waals surface area contributed by atoms with Gasteiger partial charge in [0.25, 0.3) is 0 Å². The Hall–Kier alpha value is -1.09. The lowest BCUT2D eigenvalue weighted by atomic mass is 10.1. The van der Waals surface area contributed by atoms with Crippen LogP contribution < -0.4 is 11.1 Å². The predicted molar refractivity (Wildman–Crippen MR) is 79.7 cm³/mol. The summed E-state index contributed by atoms with van der Waals surface area (Å²) in [6, 6.07) is 6.14. The molecule has 0 aliphatic rings. The second-order valence-corrected chi connectivity index (χ2v) is 4.82. The fourth-order valence-corrected chi connectivity index (χ4v) is 2.06. The van der Waals surface area contributed by atoms with Crippen molar-refractivity contribution in [2.45, 2.75) is 39.5 Å². The van der Waals surface area contributed by atoms with Crippen LogP contribution in [0, 0.1) is 6.92 Å². The van der Waals surface area contributed by atoms with Gasteiger partial charge in [0.1, 0.15) is 4.99 Å². The third-order valence-corrected chi connectivity index (χ3v) is 3.07. The number of hydrogen-bond donors (Lipinski definition) is 2. The van der Waals surface area contributed by atoms with Crippen molar-refractivity contribution in [3.63, 3.8) is 0 Å². The summed E-state index contributed by atoms with van der Waals surface area (Å²) >= 11 is 4.99. The summed E-state index contributed by atoms with van der Waals surface area (Å²) in [7, 11) is 0. The second kappa shape index (κ2) is 7.28. The Morgan fingerprint density at radius 3 is 2.65 bits per heavy atom. The number of thiocarbonyl (C=S) groups is 1. The van der Waals surface area contributed by atoms with Crippen LogP contribution in [0.5, 0.6) is 0 Å². The molecule has 1 aromatic rings. The highest BCUT2D eigenvalue weighted by atomic mass is 32.1. The van der Waals surface area contributed by atoms with E-state index in [4.69, 9.17) is 18.0 Å². The summed E-state index contributed by atoms with van der Waals surface area (Å²) < 4.78 is 0. The summed E-state index contributed by atoms with van der Waals surface area (Å²) in [6.07, 6.45) is 5.13. The predicted octanol–water partition coefficient (Wildman–Crippen LogP) is 3.62. The van der Waals surface area contributed by atoms with Crippen molar-refractivity contribution in [3.8, 4) is 0 Å². The molecule has 2 nitrogen and oxygen atoms in total. The van der Waals surface area contributed by atoms with E-state index in [2.05, 4.69) is 18.3 Å². The lowest BCUT2D eigenvalue weighted by molar-refractivity contribution is 0.685. The van der Waals surface area contributed by atoms with Crippen LogP contribution in [0.3, 0.4) is 0 Å². The van der Waals surface area contributed by atoms with Crippen molar-refractivity contribution in [1.82, 2.24) is 0 Å². The van der Waals surface area contributed by atoms with Gasteiger partial charge in [-0.15, -0.1) is 0 Å². The standard InChI is InChI=1S/C14H22N2S/c1-3-4-5-6-9-16-12-7-8-13(14(15)17)11(2)10-12/h7-8,10,16H,3-6,9H2,1-2H3,(H2,15,17). The van der Waals surface area contributed by atoms with Crippen LogP contribution in [0.25, 0.3) is 0 Å². The Morgan fingerprint density at radius 2 is 2.06 bits per heavy atom. The molecule has 0 atom stereocenters. The highest BCUT2D eigenvalue weighted by molar-refractivity contribution is 7.80. The first-order chi connectivity index (χ1) is 8.15. The zero-order valence-electron chi connectivity index (χ0n) is 10.8. The molecule has 0 saturated carbocycles. The maximum atomic E-state index is 5.63. The van der Waals surface area contributed by atoms with E-state index >= 15 is 0 Å². The molecule has 0 aliphatic carbocycles. The molecule has 3 heteroatoms. The topological polar surface area (TPSA) is 38.0 Å². The fraction of sp³-hybridized carbons (Fsp3) is 0.500. The molecule has 0 bridgehead atoms. The molecular weight excluding hydrogens is 228 g/mol. The molecule has 1 rings (SSSR count). The zero-order chi connectivity index (χ0) is 12.7. The highest BCUT2D eigenvalue weighted by Gasteiger charge is 2.01. The first-order valence-electron chi connectivity index (χ1n) is 6.29. The third kappa shape index (κ3) is 4.73. The SMILES string of the molecule is CCCCCCNc1ccc(C(N)=S)c(C)c1. The van der Waals surface area contributed by atoms with Crippen molar-refractivity contribution in [2.75, 3.05) is 11.9 Å². The van der Waals surface area contributed by atoms with Gasteiger partial charge in [0.15, 0.2) is 0 Å². The van der Waals surface area contributed by atoms with Crippen LogP contribution in [0.4, 0.5) is 5.69 Å². The van der Waals surface area contributed by atoms with E-state index in [9.17, 15) is 0 Å². The molecule has 0 saturated heterocycles. The molecule has 0 fully saturated rings. The van der Waals surface area contributed by atoms with Gasteiger partial charge >= 0.3 is 0 Å². The molecule has 3 N–H and O–H groups in total. The number of aryl methyl sites for hydroxylation is 1. The maximum Gasteiger partial charge on any atom is 0.104 e. The molecule has 0 radical (unpaired) electrons. The molecule has 0 aromatic heterocycles. The lowest BCUT2D eigenvalue weighted by Gasteiger charge is -2.09. The van der Waals surface area contributed by atoms with Gasteiger partial charge in [0, 0.05) is 17.8 Å². The molecule has 0 amide bonds. The number of anilines is 1. The van der Waals surface area contributed by atoms with Gasteiger partial charge in [0.05, 0.1) is 0 Å². The smallest absolute Gasteiger partial charge is 0.104 e. The summed E-state index contributed by atoms with van der Waals surface area (Å²) in [5, 5.41) is 3.43. The lowest BCUT2D eigenvalue weighted by Crippen LogP contribution is -2.11. The summed E-state index contributed by atoms with van der Waals surface area (Å²) in [6.45, 7) is 5.30. The van der Waals surface area contributed by atoms with E-state index in [0.717, 1.165) is 23.4 Å². The average Bonchev–Trinajstić information content (AvgIpc) is 2.28. The number of nitrogens with one attached hydrogen (secondary N) is 1. The third-order valence-electron chi connectivity index (χ3n) is 2.85. The van der Waals surface area contributed by atoms with Crippen molar-refractivity contribution in [3.05, 3.63) is 29.3 Å². The minimum Gasteiger partial charge on any atom is -0.389 e. The van der Waals surface area contributed by atoms with Gasteiger partial charge in [-0.25, -0.2) is 0 Å². The van der Waals surface area contributed by atoms with Crippen molar-refractivity contribution in [2.24, 2.45) is 5.73 Å². The normalized spacial score (nSPS) is 10.2. The Bertz CT molecular complexity index is 374. The Balaban J connectivity index is 2.45. The van der Waals surface area contributed by atoms with E-state index in [1.54, 1.807) is 0 Å². The van der Waals surface area contributed by atoms with Gasteiger partial charge < -0.3 is 11.1 Å². The molecule has 0 unspecified atom stereocenters. The van der Waals surface area contributed by atoms with Crippen LogP contribution in [0.1, 0.15) is 43.7 Å². The first-order valence-corrected chi connectivity index (χ1v) is 6.70. The molecule has 0 spiro atoms. The average molecular weight is 250 g/mol. The number of rotatable bonds is 7. The first kappa shape index (κ1) is 14.0. The highest BCUT2D eigenvalue weighted by Crippen LogP contribution is 2.15. The minimum atomic E-state index is 0.469. The Labute approximate surface area is 110 Å². The van der Waals surface area contributed by atoms with Gasteiger partial charge in [-0.3, -0.25) is 0 Å². The molecule has 0 aliphatic heterocycles. The van der Waals surface area contributed by atoms with Gasteiger partial charge in [0.2, 0.25) is 0 Å². The Kier molecular flexibility index (Phi) is 5.98. The van der Waals surface area contributed by atoms with E-state index in [1.807, 2.05) is 19.1 Å². The maximum absolute atomic E-state index is 5.63. The van der Waals surface area contributed by atoms with Crippen LogP contribution in [-0.2, 0) is 0 Å². The molecular formula is C14H22N2S. The van der Waals surface area contributed by atoms with E-state index in [0.29, 0.717) is 4.99 Å². The van der Waals surface area contributed by atoms with Crippen LogP contribution in [0.15, 0.2) is 18.2 Å². The summed E-state index contributed by atoms with van der Waals surface area (Å²) in [4.78, 5) is 0.469. The number of unbranched alkanes of at least 4 members (excludes halogenated alkanes) is 3. The van der Waals surface area contributed by atoms with Crippen LogP contribution in [-0.4, -0.2) is 11.5 Å². The van der Waals surface area contributed by atoms with E-state index < -0.39 is 0 Å². The summed E-state index contributed by atoms with van der Waals surface area (Å²) in [5.74, 6) is 0. The molecule has 94 valence electrons. The summed E-state index contributed by atoms with van der Waals surface area (Å²) in [5.41, 5.74) is 8.89. The monoisotopic (exact) mass is 250 g/mol. The quantitative estimate of drug-likeness (QED) is 0.573. The number of benzene rings is 1. The molecule has 17 heavy (non-hydrogen) atoms. The van der Waals surface area contributed by atoms with Gasteiger partial charge in [-0.1, -0.05) is 38.4 Å². The van der Waals surface area contributed by atoms with Crippen LogP contribution >= 0.6 is 12.2 Å². The van der Waals surface area contributed by atoms with Crippen molar-refractivity contribution >= 4 is 22.9 Å². The van der Waals surface area contributed by atoms with Crippen molar-refractivity contribution < 1.29 is 0 Å². The van der Waals surface area contributed by atoms with E-state index in [-0.39, 0.29) is 0 Å². The van der Waals surface area contributed by atoms with Crippen molar-refractivity contribution in [1.29, 1.82) is 0 Å². The largest absolute Gasteiger partial charge is 0.389 e. The number of hydrogen-bond acceptors (Lipinski definition) is 2. The van der Waals surface area contributed by atoms with Gasteiger partial charge in [-0.05, 0) is 37.1 Å². The molecule has 0 heterocycles. The molecule has 1 aromatic carbocycles. The minimum absolute atomic E-state index is 0.469. The van der Waals surface area contributed by atoms with Gasteiger partial charge in [-0.2, -0.15) is 0 Å².